The van der Waals surface area contributed by atoms with E-state index in [1.54, 1.807) is 30.3 Å². The topological polar surface area (TPSA) is 110 Å². The maximum Gasteiger partial charge on any atom is 0.107 e. The summed E-state index contributed by atoms with van der Waals surface area (Å²) in [4.78, 5) is 8.24. The average molecular weight is 303 g/mol. The summed E-state index contributed by atoms with van der Waals surface area (Å²) >= 11 is 0. The molecule has 116 valence electrons. The molecule has 2 aromatic rings. The fourth-order valence-electron chi connectivity index (χ4n) is 2.02. The van der Waals surface area contributed by atoms with Crippen molar-refractivity contribution in [1.82, 2.24) is 0 Å². The molecule has 0 aliphatic rings. The number of nitrogens with two attached hydrogens (primary N) is 1. The number of azo groups is 1. The van der Waals surface area contributed by atoms with E-state index in [4.69, 9.17) is 16.2 Å². The summed E-state index contributed by atoms with van der Waals surface area (Å²) in [5.74, 6) is 0. The summed E-state index contributed by atoms with van der Waals surface area (Å²) in [5.41, 5.74) is 9.90. The van der Waals surface area contributed by atoms with E-state index in [1.165, 1.54) is 0 Å². The number of anilines is 1. The van der Waals surface area contributed by atoms with E-state index >= 15 is 0 Å². The van der Waals surface area contributed by atoms with Crippen LogP contribution in [-0.4, -0.2) is 10.5 Å². The van der Waals surface area contributed by atoms with Gasteiger partial charge in [-0.1, -0.05) is 6.07 Å². The van der Waals surface area contributed by atoms with Gasteiger partial charge in [0.1, 0.15) is 13.2 Å². The number of nitrogens with zero attached hydrogens (tertiary/aromatic N) is 2. The average Bonchev–Trinajstić information content (AvgIpc) is 2.47. The van der Waals surface area contributed by atoms with Crippen molar-refractivity contribution in [2.75, 3.05) is 5.73 Å². The minimum absolute atomic E-state index is 0.00267. The van der Waals surface area contributed by atoms with Crippen LogP contribution in [0, 0.1) is 6.92 Å². The lowest BCUT2D eigenvalue weighted by Gasteiger charge is -2.05. The van der Waals surface area contributed by atoms with Gasteiger partial charge in [0.05, 0.1) is 11.4 Å². The number of rotatable bonds is 6. The minimum Gasteiger partial charge on any atom is -0.399 e. The molecule has 0 unspecified atom stereocenters. The summed E-state index contributed by atoms with van der Waals surface area (Å²) in [6.07, 6.45) is 0. The molecule has 2 aromatic carbocycles. The van der Waals surface area contributed by atoms with Crippen LogP contribution in [0.25, 0.3) is 0 Å². The lowest BCUT2D eigenvalue weighted by Crippen LogP contribution is -1.93. The van der Waals surface area contributed by atoms with Crippen molar-refractivity contribution in [3.8, 4) is 0 Å². The SMILES string of the molecule is Cc1cc(N)ccc1N=Nc1cc(COO)cc(COO)c1. The Balaban J connectivity index is 2.28. The van der Waals surface area contributed by atoms with Crippen molar-refractivity contribution in [3.63, 3.8) is 0 Å². The molecule has 0 aromatic heterocycles. The summed E-state index contributed by atoms with van der Waals surface area (Å²) < 4.78 is 0. The summed E-state index contributed by atoms with van der Waals surface area (Å²) in [5, 5.41) is 25.5. The number of nitrogen functional groups attached to an aromatic ring is 1. The van der Waals surface area contributed by atoms with Gasteiger partial charge in [0.25, 0.3) is 0 Å². The molecule has 0 fully saturated rings. The lowest BCUT2D eigenvalue weighted by molar-refractivity contribution is -0.254. The van der Waals surface area contributed by atoms with Gasteiger partial charge in [-0.3, -0.25) is 10.5 Å². The van der Waals surface area contributed by atoms with E-state index in [2.05, 4.69) is 20.0 Å². The monoisotopic (exact) mass is 303 g/mol. The van der Waals surface area contributed by atoms with Crippen LogP contribution in [0.1, 0.15) is 16.7 Å². The van der Waals surface area contributed by atoms with Gasteiger partial charge < -0.3 is 5.73 Å². The lowest BCUT2D eigenvalue weighted by atomic mass is 10.1. The molecule has 7 nitrogen and oxygen atoms in total. The van der Waals surface area contributed by atoms with Gasteiger partial charge in [0.15, 0.2) is 0 Å². The molecule has 0 spiro atoms. The zero-order valence-electron chi connectivity index (χ0n) is 12.1. The predicted octanol–water partition coefficient (Wildman–Crippen LogP) is 3.97. The Morgan fingerprint density at radius 1 is 0.955 bits per heavy atom. The van der Waals surface area contributed by atoms with E-state index in [0.29, 0.717) is 28.2 Å². The molecular formula is C15H17N3O4. The smallest absolute Gasteiger partial charge is 0.107 e. The minimum atomic E-state index is 0.00267. The summed E-state index contributed by atoms with van der Waals surface area (Å²) in [6.45, 7) is 1.90. The van der Waals surface area contributed by atoms with Gasteiger partial charge in [-0.15, -0.1) is 0 Å². The van der Waals surface area contributed by atoms with Gasteiger partial charge >= 0.3 is 0 Å². The molecule has 0 heterocycles. The van der Waals surface area contributed by atoms with Crippen molar-refractivity contribution in [2.24, 2.45) is 10.2 Å². The van der Waals surface area contributed by atoms with Crippen LogP contribution < -0.4 is 5.73 Å². The highest BCUT2D eigenvalue weighted by atomic mass is 17.1. The Bertz CT molecular complexity index is 650. The first-order valence-corrected chi connectivity index (χ1v) is 6.56. The second-order valence-corrected chi connectivity index (χ2v) is 4.80. The molecule has 0 aliphatic carbocycles. The van der Waals surface area contributed by atoms with Gasteiger partial charge in [-0.05, 0) is 53.9 Å². The Morgan fingerprint density at radius 3 is 2.14 bits per heavy atom. The maximum atomic E-state index is 8.56. The largest absolute Gasteiger partial charge is 0.399 e. The molecule has 0 atom stereocenters. The van der Waals surface area contributed by atoms with E-state index in [0.717, 1.165) is 5.56 Å². The molecule has 7 heteroatoms. The number of benzene rings is 2. The summed E-state index contributed by atoms with van der Waals surface area (Å²) in [6, 6.07) is 10.5. The Labute approximate surface area is 127 Å². The predicted molar refractivity (Wildman–Crippen MR) is 81.0 cm³/mol. The van der Waals surface area contributed by atoms with Crippen molar-refractivity contribution in [1.29, 1.82) is 0 Å². The zero-order chi connectivity index (χ0) is 15.9. The zero-order valence-corrected chi connectivity index (χ0v) is 12.1. The molecule has 0 amide bonds. The van der Waals surface area contributed by atoms with Gasteiger partial charge in [-0.25, -0.2) is 9.78 Å². The molecule has 0 saturated heterocycles. The van der Waals surface area contributed by atoms with E-state index in [-0.39, 0.29) is 13.2 Å². The van der Waals surface area contributed by atoms with E-state index in [9.17, 15) is 0 Å². The standard InChI is InChI=1S/C15H17N3O4/c1-10-4-13(16)2-3-15(10)18-17-14-6-11(8-21-19)5-12(7-14)9-22-20/h2-7,19-20H,8-9,16H2,1H3. The first-order chi connectivity index (χ1) is 10.6. The fraction of sp³-hybridized carbons (Fsp3) is 0.200. The van der Waals surface area contributed by atoms with Gasteiger partial charge in [0.2, 0.25) is 0 Å². The number of hydrogen-bond acceptors (Lipinski definition) is 7. The second kappa shape index (κ2) is 7.62. The third kappa shape index (κ3) is 4.34. The van der Waals surface area contributed by atoms with Crippen LogP contribution in [-0.2, 0) is 23.0 Å². The normalized spacial score (nSPS) is 11.2. The van der Waals surface area contributed by atoms with Crippen LogP contribution in [0.4, 0.5) is 17.1 Å². The highest BCUT2D eigenvalue weighted by molar-refractivity contribution is 5.54. The second-order valence-electron chi connectivity index (χ2n) is 4.80. The van der Waals surface area contributed by atoms with Crippen molar-refractivity contribution < 1.29 is 20.3 Å². The molecule has 0 radical (unpaired) electrons. The Hall–Kier alpha value is -2.32. The maximum absolute atomic E-state index is 8.56. The fourth-order valence-corrected chi connectivity index (χ4v) is 2.02. The molecule has 22 heavy (non-hydrogen) atoms. The van der Waals surface area contributed by atoms with Crippen molar-refractivity contribution in [2.45, 2.75) is 20.1 Å². The van der Waals surface area contributed by atoms with Gasteiger partial charge in [-0.2, -0.15) is 10.2 Å². The quantitative estimate of drug-likeness (QED) is 0.324. The number of aryl methyl sites for hydroxylation is 1. The highest BCUT2D eigenvalue weighted by Crippen LogP contribution is 2.25. The Kier molecular flexibility index (Phi) is 5.56. The first kappa shape index (κ1) is 16.1. The van der Waals surface area contributed by atoms with E-state index in [1.807, 2.05) is 13.0 Å². The molecule has 4 N–H and O–H groups in total. The molecule has 0 saturated carbocycles. The van der Waals surface area contributed by atoms with Crippen molar-refractivity contribution in [3.05, 3.63) is 53.1 Å². The first-order valence-electron chi connectivity index (χ1n) is 6.56. The van der Waals surface area contributed by atoms with Crippen LogP contribution in [0.5, 0.6) is 0 Å². The Morgan fingerprint density at radius 2 is 1.59 bits per heavy atom. The molecule has 2 rings (SSSR count). The molecular weight excluding hydrogens is 286 g/mol. The van der Waals surface area contributed by atoms with E-state index < -0.39 is 0 Å². The van der Waals surface area contributed by atoms with Crippen LogP contribution in [0.15, 0.2) is 46.6 Å². The third-order valence-corrected chi connectivity index (χ3v) is 2.99. The van der Waals surface area contributed by atoms with Gasteiger partial charge in [0, 0.05) is 5.69 Å². The summed E-state index contributed by atoms with van der Waals surface area (Å²) in [7, 11) is 0. The third-order valence-electron chi connectivity index (χ3n) is 2.99. The van der Waals surface area contributed by atoms with Crippen LogP contribution in [0.2, 0.25) is 0 Å². The van der Waals surface area contributed by atoms with Crippen LogP contribution >= 0.6 is 0 Å². The molecule has 0 bridgehead atoms. The number of hydrogen-bond donors (Lipinski definition) is 3. The highest BCUT2D eigenvalue weighted by Gasteiger charge is 2.03. The van der Waals surface area contributed by atoms with Crippen LogP contribution in [0.3, 0.4) is 0 Å². The molecule has 0 aliphatic heterocycles. The van der Waals surface area contributed by atoms with Crippen molar-refractivity contribution >= 4 is 17.1 Å².